The van der Waals surface area contributed by atoms with E-state index in [1.165, 1.54) is 22.7 Å². The van der Waals surface area contributed by atoms with Crippen LogP contribution in [0.2, 0.25) is 5.02 Å². The fraction of sp³-hybridized carbons (Fsp3) is 0. The maximum atomic E-state index is 11.1. The van der Waals surface area contributed by atoms with Gasteiger partial charge in [-0.05, 0) is 18.2 Å². The van der Waals surface area contributed by atoms with Crippen LogP contribution in [0.3, 0.4) is 0 Å². The first-order chi connectivity index (χ1) is 9.58. The Hall–Kier alpha value is -2.60. The Bertz CT molecular complexity index is 829. The Kier molecular flexibility index (Phi) is 2.80. The Balaban J connectivity index is 2.33. The normalized spacial score (nSPS) is 10.8. The molecule has 2 aromatic heterocycles. The molecule has 0 unspecified atom stereocenters. The van der Waals surface area contributed by atoms with E-state index in [0.717, 1.165) is 0 Å². The molecule has 0 saturated heterocycles. The Morgan fingerprint density at radius 1 is 1.25 bits per heavy atom. The van der Waals surface area contributed by atoms with Gasteiger partial charge in [-0.15, -0.1) is 10.2 Å². The van der Waals surface area contributed by atoms with Gasteiger partial charge in [0.25, 0.3) is 0 Å². The molecule has 0 aliphatic heterocycles. The van der Waals surface area contributed by atoms with Crippen LogP contribution in [-0.2, 0) is 0 Å². The molecular weight excluding hydrogens is 282 g/mol. The average Bonchev–Trinajstić information content (AvgIpc) is 2.83. The van der Waals surface area contributed by atoms with Crippen molar-refractivity contribution in [3.63, 3.8) is 0 Å². The van der Waals surface area contributed by atoms with E-state index in [1.54, 1.807) is 18.2 Å². The number of carbonyl (C=O) groups is 1. The summed E-state index contributed by atoms with van der Waals surface area (Å²) >= 11 is 6.00. The smallest absolute Gasteiger partial charge is 0.337 e. The molecule has 3 rings (SSSR count). The molecule has 0 atom stereocenters. The summed E-state index contributed by atoms with van der Waals surface area (Å²) in [5.41, 5.74) is 0.785. The molecule has 0 amide bonds. The second-order valence-corrected chi connectivity index (χ2v) is 4.52. The zero-order chi connectivity index (χ0) is 14.3. The Labute approximate surface area is 117 Å². The first-order valence-electron chi connectivity index (χ1n) is 5.64. The minimum Gasteiger partial charge on any atom is -0.507 e. The quantitative estimate of drug-likeness (QED) is 0.756. The third kappa shape index (κ3) is 1.86. The number of halogens is 1. The number of para-hydroxylation sites is 1. The van der Waals surface area contributed by atoms with Crippen LogP contribution in [0.1, 0.15) is 10.4 Å². The fourth-order valence-corrected chi connectivity index (χ4v) is 2.16. The van der Waals surface area contributed by atoms with Crippen LogP contribution >= 0.6 is 11.6 Å². The number of rotatable bonds is 2. The highest BCUT2D eigenvalue weighted by atomic mass is 35.5. The van der Waals surface area contributed by atoms with Crippen molar-refractivity contribution in [3.8, 4) is 17.1 Å². The van der Waals surface area contributed by atoms with Crippen molar-refractivity contribution in [2.24, 2.45) is 0 Å². The van der Waals surface area contributed by atoms with Crippen molar-refractivity contribution in [1.29, 1.82) is 0 Å². The van der Waals surface area contributed by atoms with Crippen LogP contribution < -0.4 is 0 Å². The van der Waals surface area contributed by atoms with Gasteiger partial charge in [-0.2, -0.15) is 0 Å². The van der Waals surface area contributed by atoms with Crippen LogP contribution in [0.25, 0.3) is 17.0 Å². The van der Waals surface area contributed by atoms with Crippen LogP contribution in [-0.4, -0.2) is 30.8 Å². The third-order valence-corrected chi connectivity index (χ3v) is 3.13. The molecule has 7 heteroatoms. The predicted octanol–water partition coefficient (Wildman–Crippen LogP) is 2.45. The zero-order valence-corrected chi connectivity index (χ0v) is 10.7. The Morgan fingerprint density at radius 2 is 2.00 bits per heavy atom. The number of aromatic hydroxyl groups is 1. The van der Waals surface area contributed by atoms with Gasteiger partial charge in [-0.1, -0.05) is 23.7 Å². The molecule has 0 saturated carbocycles. The predicted molar refractivity (Wildman–Crippen MR) is 72.1 cm³/mol. The number of phenolic OH excluding ortho intramolecular Hbond substituents is 1. The maximum absolute atomic E-state index is 11.1. The molecule has 6 nitrogen and oxygen atoms in total. The fourth-order valence-electron chi connectivity index (χ4n) is 1.92. The molecule has 2 N–H and O–H groups in total. The van der Waals surface area contributed by atoms with E-state index < -0.39 is 5.97 Å². The lowest BCUT2D eigenvalue weighted by atomic mass is 10.2. The van der Waals surface area contributed by atoms with E-state index in [1.807, 2.05) is 0 Å². The number of phenols is 1. The molecule has 0 aliphatic carbocycles. The van der Waals surface area contributed by atoms with Gasteiger partial charge < -0.3 is 10.2 Å². The van der Waals surface area contributed by atoms with Crippen molar-refractivity contribution in [2.75, 3.05) is 0 Å². The summed E-state index contributed by atoms with van der Waals surface area (Å²) in [6, 6.07) is 7.89. The van der Waals surface area contributed by atoms with Gasteiger partial charge >= 0.3 is 5.97 Å². The van der Waals surface area contributed by atoms with Crippen LogP contribution in [0.5, 0.6) is 5.75 Å². The first kappa shape index (κ1) is 12.4. The molecule has 0 bridgehead atoms. The molecule has 20 heavy (non-hydrogen) atoms. The number of hydrogen-bond acceptors (Lipinski definition) is 4. The summed E-state index contributed by atoms with van der Waals surface area (Å²) in [5.74, 6) is -0.757. The van der Waals surface area contributed by atoms with Gasteiger partial charge in [0.05, 0.1) is 16.1 Å². The molecule has 0 aliphatic rings. The second-order valence-electron chi connectivity index (χ2n) is 4.12. The molecule has 0 fully saturated rings. The number of aromatic carboxylic acids is 1. The highest BCUT2D eigenvalue weighted by molar-refractivity contribution is 6.33. The number of aromatic nitrogens is 3. The lowest BCUT2D eigenvalue weighted by Gasteiger charge is -2.04. The number of nitrogens with zero attached hydrogens (tertiary/aromatic N) is 3. The number of benzene rings is 1. The van der Waals surface area contributed by atoms with Gasteiger partial charge in [-0.25, -0.2) is 4.79 Å². The van der Waals surface area contributed by atoms with E-state index in [2.05, 4.69) is 10.2 Å². The van der Waals surface area contributed by atoms with Crippen LogP contribution in [0.4, 0.5) is 0 Å². The van der Waals surface area contributed by atoms with Gasteiger partial charge in [-0.3, -0.25) is 4.40 Å². The third-order valence-electron chi connectivity index (χ3n) is 2.85. The molecule has 100 valence electrons. The lowest BCUT2D eigenvalue weighted by molar-refractivity contribution is 0.0696. The summed E-state index contributed by atoms with van der Waals surface area (Å²) in [6.07, 6.45) is 1.37. The monoisotopic (exact) mass is 289 g/mol. The molecule has 3 aromatic rings. The lowest BCUT2D eigenvalue weighted by Crippen LogP contribution is -2.00. The number of fused-ring (bicyclic) bond motifs is 1. The molecule has 0 spiro atoms. The van der Waals surface area contributed by atoms with Gasteiger partial charge in [0.2, 0.25) is 0 Å². The molecule has 2 heterocycles. The summed E-state index contributed by atoms with van der Waals surface area (Å²) in [5, 5.41) is 27.0. The molecule has 0 radical (unpaired) electrons. The molecular formula is C13H8ClN3O3. The standard InChI is InChI=1S/C13H8ClN3O3/c14-9-5-7(13(19)20)6-17-11(15-16-12(9)17)8-3-1-2-4-10(8)18/h1-6,18H,(H,19,20). The van der Waals surface area contributed by atoms with E-state index in [4.69, 9.17) is 16.7 Å². The van der Waals surface area contributed by atoms with Crippen molar-refractivity contribution >= 4 is 23.2 Å². The minimum atomic E-state index is -1.11. The van der Waals surface area contributed by atoms with Crippen molar-refractivity contribution in [3.05, 3.63) is 47.1 Å². The topological polar surface area (TPSA) is 87.7 Å². The largest absolute Gasteiger partial charge is 0.507 e. The van der Waals surface area contributed by atoms with Crippen LogP contribution in [0.15, 0.2) is 36.5 Å². The van der Waals surface area contributed by atoms with E-state index in [0.29, 0.717) is 17.0 Å². The summed E-state index contributed by atoms with van der Waals surface area (Å²) in [6.45, 7) is 0. The first-order valence-corrected chi connectivity index (χ1v) is 6.01. The summed E-state index contributed by atoms with van der Waals surface area (Å²) in [4.78, 5) is 11.1. The maximum Gasteiger partial charge on any atom is 0.337 e. The highest BCUT2D eigenvalue weighted by Crippen LogP contribution is 2.29. The van der Waals surface area contributed by atoms with Crippen molar-refractivity contribution < 1.29 is 15.0 Å². The number of carboxylic acids is 1. The van der Waals surface area contributed by atoms with Crippen LogP contribution in [0, 0.1) is 0 Å². The van der Waals surface area contributed by atoms with E-state index in [9.17, 15) is 9.90 Å². The van der Waals surface area contributed by atoms with E-state index >= 15 is 0 Å². The number of pyridine rings is 1. The van der Waals surface area contributed by atoms with E-state index in [-0.39, 0.29) is 16.3 Å². The number of carboxylic acid groups (broad SMARTS) is 1. The van der Waals surface area contributed by atoms with Gasteiger partial charge in [0, 0.05) is 6.20 Å². The highest BCUT2D eigenvalue weighted by Gasteiger charge is 2.16. The van der Waals surface area contributed by atoms with Gasteiger partial charge in [0.15, 0.2) is 11.5 Å². The minimum absolute atomic E-state index is 0.0129. The average molecular weight is 290 g/mol. The SMILES string of the molecule is O=C(O)c1cc(Cl)c2nnc(-c3ccccc3O)n2c1. The zero-order valence-electron chi connectivity index (χ0n) is 9.99. The second kappa shape index (κ2) is 4.50. The summed E-state index contributed by atoms with van der Waals surface area (Å²) < 4.78 is 1.45. The Morgan fingerprint density at radius 3 is 2.70 bits per heavy atom. The number of hydrogen-bond donors (Lipinski definition) is 2. The summed E-state index contributed by atoms with van der Waals surface area (Å²) in [7, 11) is 0. The molecule has 1 aromatic carbocycles. The van der Waals surface area contributed by atoms with Gasteiger partial charge in [0.1, 0.15) is 5.75 Å². The van der Waals surface area contributed by atoms with Crippen molar-refractivity contribution in [2.45, 2.75) is 0 Å². The van der Waals surface area contributed by atoms with Crippen molar-refractivity contribution in [1.82, 2.24) is 14.6 Å².